The Morgan fingerprint density at radius 1 is 1.32 bits per heavy atom. The van der Waals surface area contributed by atoms with Gasteiger partial charge < -0.3 is 10.1 Å². The molecule has 1 heterocycles. The zero-order chi connectivity index (χ0) is 13.7. The normalized spacial score (nSPS) is 12.4. The van der Waals surface area contributed by atoms with Gasteiger partial charge >= 0.3 is 0 Å². The third-order valence-corrected chi connectivity index (χ3v) is 4.85. The highest BCUT2D eigenvalue weighted by Gasteiger charge is 2.11. The smallest absolute Gasteiger partial charge is 0.124 e. The van der Waals surface area contributed by atoms with Crippen LogP contribution in [0.25, 0.3) is 0 Å². The highest BCUT2D eigenvalue weighted by Crippen LogP contribution is 2.28. The van der Waals surface area contributed by atoms with E-state index < -0.39 is 0 Å². The fraction of sp³-hybridized carbons (Fsp3) is 0.333. The molecule has 1 aromatic heterocycles. The van der Waals surface area contributed by atoms with E-state index in [-0.39, 0.29) is 0 Å². The molecule has 1 unspecified atom stereocenters. The van der Waals surface area contributed by atoms with Crippen molar-refractivity contribution in [2.24, 2.45) is 0 Å². The Labute approximate surface area is 126 Å². The van der Waals surface area contributed by atoms with Crippen LogP contribution in [0.15, 0.2) is 40.2 Å². The maximum atomic E-state index is 5.97. The second kappa shape index (κ2) is 7.08. The molecule has 2 nitrogen and oxygen atoms in total. The Hall–Kier alpha value is -0.840. The molecule has 0 bridgehead atoms. The van der Waals surface area contributed by atoms with Crippen molar-refractivity contribution in [2.75, 3.05) is 6.54 Å². The lowest BCUT2D eigenvalue weighted by Crippen LogP contribution is -2.18. The highest BCUT2D eigenvalue weighted by molar-refractivity contribution is 9.10. The summed E-state index contributed by atoms with van der Waals surface area (Å²) in [6.07, 6.45) is 0. The Kier molecular flexibility index (Phi) is 5.43. The lowest BCUT2D eigenvalue weighted by Gasteiger charge is -2.17. The van der Waals surface area contributed by atoms with Crippen molar-refractivity contribution >= 4 is 27.3 Å². The fourth-order valence-electron chi connectivity index (χ4n) is 1.96. The van der Waals surface area contributed by atoms with Crippen LogP contribution in [0.1, 0.15) is 30.3 Å². The number of hydrogen-bond donors (Lipinski definition) is 1. The number of thiophene rings is 1. The van der Waals surface area contributed by atoms with Gasteiger partial charge in [0.2, 0.25) is 0 Å². The van der Waals surface area contributed by atoms with E-state index in [2.05, 4.69) is 58.7 Å². The molecule has 19 heavy (non-hydrogen) atoms. The Bertz CT molecular complexity index is 526. The molecule has 2 aromatic rings. The molecule has 0 spiro atoms. The van der Waals surface area contributed by atoms with Crippen LogP contribution in [0.2, 0.25) is 0 Å². The van der Waals surface area contributed by atoms with E-state index in [1.807, 2.05) is 12.1 Å². The third kappa shape index (κ3) is 3.81. The highest BCUT2D eigenvalue weighted by atomic mass is 79.9. The lowest BCUT2D eigenvalue weighted by molar-refractivity contribution is 0.302. The summed E-state index contributed by atoms with van der Waals surface area (Å²) in [5.74, 6) is 0.955. The summed E-state index contributed by atoms with van der Waals surface area (Å²) in [5, 5.41) is 5.49. The van der Waals surface area contributed by atoms with Crippen molar-refractivity contribution < 1.29 is 4.74 Å². The minimum Gasteiger partial charge on any atom is -0.488 e. The van der Waals surface area contributed by atoms with E-state index in [0.29, 0.717) is 12.6 Å². The van der Waals surface area contributed by atoms with Crippen LogP contribution in [0.3, 0.4) is 0 Å². The van der Waals surface area contributed by atoms with Crippen molar-refractivity contribution in [2.45, 2.75) is 26.5 Å². The minimum absolute atomic E-state index is 0.299. The van der Waals surface area contributed by atoms with Crippen LogP contribution in [-0.2, 0) is 6.61 Å². The number of halogens is 1. The first kappa shape index (κ1) is 14.6. The average Bonchev–Trinajstić information content (AvgIpc) is 2.82. The molecular weight excluding hydrogens is 322 g/mol. The van der Waals surface area contributed by atoms with Crippen LogP contribution < -0.4 is 10.1 Å². The zero-order valence-electron chi connectivity index (χ0n) is 11.2. The van der Waals surface area contributed by atoms with Gasteiger partial charge in [-0.05, 0) is 46.9 Å². The summed E-state index contributed by atoms with van der Waals surface area (Å²) in [6, 6.07) is 10.6. The van der Waals surface area contributed by atoms with Crippen molar-refractivity contribution in [1.82, 2.24) is 5.32 Å². The molecule has 4 heteroatoms. The van der Waals surface area contributed by atoms with Crippen molar-refractivity contribution in [3.8, 4) is 5.75 Å². The van der Waals surface area contributed by atoms with Gasteiger partial charge in [-0.15, -0.1) is 11.3 Å². The van der Waals surface area contributed by atoms with Crippen LogP contribution in [0.5, 0.6) is 5.75 Å². The van der Waals surface area contributed by atoms with E-state index >= 15 is 0 Å². The number of hydrogen-bond acceptors (Lipinski definition) is 3. The van der Waals surface area contributed by atoms with Gasteiger partial charge in [0, 0.05) is 16.1 Å². The average molecular weight is 340 g/mol. The summed E-state index contributed by atoms with van der Waals surface area (Å²) in [6.45, 7) is 5.83. The molecule has 1 N–H and O–H groups in total. The largest absolute Gasteiger partial charge is 0.488 e. The number of ether oxygens (including phenoxy) is 1. The number of para-hydroxylation sites is 1. The summed E-state index contributed by atoms with van der Waals surface area (Å²) in [4.78, 5) is 1.21. The standard InChI is InChI=1S/C15H18BrNOS/c1-3-17-11(2)12-6-4-5-7-14(12)18-10-15-13(16)8-9-19-15/h4-9,11,17H,3,10H2,1-2H3. The van der Waals surface area contributed by atoms with E-state index in [0.717, 1.165) is 16.8 Å². The summed E-state index contributed by atoms with van der Waals surface area (Å²) < 4.78 is 7.09. The number of rotatable bonds is 6. The molecule has 0 radical (unpaired) electrons. The zero-order valence-corrected chi connectivity index (χ0v) is 13.6. The van der Waals surface area contributed by atoms with E-state index in [9.17, 15) is 0 Å². The lowest BCUT2D eigenvalue weighted by atomic mass is 10.1. The molecule has 0 aliphatic heterocycles. The van der Waals surface area contributed by atoms with Gasteiger partial charge in [0.15, 0.2) is 0 Å². The predicted molar refractivity (Wildman–Crippen MR) is 84.9 cm³/mol. The van der Waals surface area contributed by atoms with Gasteiger partial charge in [0.25, 0.3) is 0 Å². The van der Waals surface area contributed by atoms with E-state index in [4.69, 9.17) is 4.74 Å². The van der Waals surface area contributed by atoms with Gasteiger partial charge in [-0.25, -0.2) is 0 Å². The maximum Gasteiger partial charge on any atom is 0.124 e. The molecule has 102 valence electrons. The van der Waals surface area contributed by atoms with Crippen LogP contribution in [0.4, 0.5) is 0 Å². The first-order valence-electron chi connectivity index (χ1n) is 6.39. The topological polar surface area (TPSA) is 21.3 Å². The Morgan fingerprint density at radius 3 is 2.79 bits per heavy atom. The SMILES string of the molecule is CCNC(C)c1ccccc1OCc1sccc1Br. The fourth-order valence-corrected chi connectivity index (χ4v) is 3.34. The quantitative estimate of drug-likeness (QED) is 0.819. The summed E-state index contributed by atoms with van der Waals surface area (Å²) >= 11 is 5.24. The van der Waals surface area contributed by atoms with E-state index in [1.54, 1.807) is 11.3 Å². The van der Waals surface area contributed by atoms with Crippen LogP contribution in [-0.4, -0.2) is 6.54 Å². The number of benzene rings is 1. The van der Waals surface area contributed by atoms with E-state index in [1.165, 1.54) is 10.4 Å². The van der Waals surface area contributed by atoms with Crippen molar-refractivity contribution in [3.63, 3.8) is 0 Å². The molecule has 0 fully saturated rings. The molecule has 0 saturated carbocycles. The van der Waals surface area contributed by atoms with Gasteiger partial charge in [-0.3, -0.25) is 0 Å². The van der Waals surface area contributed by atoms with Crippen molar-refractivity contribution in [3.05, 3.63) is 50.6 Å². The van der Waals surface area contributed by atoms with Gasteiger partial charge in [-0.2, -0.15) is 0 Å². The molecule has 2 rings (SSSR count). The van der Waals surface area contributed by atoms with Gasteiger partial charge in [0.1, 0.15) is 12.4 Å². The Balaban J connectivity index is 2.09. The molecule has 0 aliphatic rings. The first-order chi connectivity index (χ1) is 9.22. The molecular formula is C15H18BrNOS. The molecule has 1 aromatic carbocycles. The molecule has 0 aliphatic carbocycles. The molecule has 1 atom stereocenters. The minimum atomic E-state index is 0.299. The van der Waals surface area contributed by atoms with Crippen molar-refractivity contribution in [1.29, 1.82) is 0 Å². The summed E-state index contributed by atoms with van der Waals surface area (Å²) in [5.41, 5.74) is 1.21. The predicted octanol–water partition coefficient (Wildman–Crippen LogP) is 4.76. The Morgan fingerprint density at radius 2 is 2.11 bits per heavy atom. The first-order valence-corrected chi connectivity index (χ1v) is 8.06. The van der Waals surface area contributed by atoms with Gasteiger partial charge in [-0.1, -0.05) is 25.1 Å². The monoisotopic (exact) mass is 339 g/mol. The second-order valence-corrected chi connectivity index (χ2v) is 6.15. The van der Waals surface area contributed by atoms with Gasteiger partial charge in [0.05, 0.1) is 4.88 Å². The summed E-state index contributed by atoms with van der Waals surface area (Å²) in [7, 11) is 0. The second-order valence-electron chi connectivity index (χ2n) is 4.30. The maximum absolute atomic E-state index is 5.97. The van der Waals surface area contributed by atoms with Crippen LogP contribution in [0, 0.1) is 0 Å². The molecule has 0 amide bonds. The number of nitrogens with one attached hydrogen (secondary N) is 1. The third-order valence-electron chi connectivity index (χ3n) is 2.95. The molecule has 0 saturated heterocycles. The van der Waals surface area contributed by atoms with Crippen LogP contribution >= 0.6 is 27.3 Å².